The van der Waals surface area contributed by atoms with Crippen LogP contribution in [0.1, 0.15) is 34.2 Å². The summed E-state index contributed by atoms with van der Waals surface area (Å²) in [5, 5.41) is 0. The lowest BCUT2D eigenvalue weighted by Crippen LogP contribution is -2.20. The Labute approximate surface area is 159 Å². The van der Waals surface area contributed by atoms with Crippen LogP contribution in [-0.2, 0) is 16.6 Å². The average Bonchev–Trinajstić information content (AvgIpc) is 2.92. The van der Waals surface area contributed by atoms with Crippen LogP contribution in [0.25, 0.3) is 6.08 Å². The van der Waals surface area contributed by atoms with Gasteiger partial charge in [0.25, 0.3) is 0 Å². The van der Waals surface area contributed by atoms with Crippen LogP contribution in [-0.4, -0.2) is 36.6 Å². The molecule has 2 rings (SSSR count). The first kappa shape index (κ1) is 20.3. The number of ketones is 1. The van der Waals surface area contributed by atoms with Gasteiger partial charge in [0.2, 0.25) is 5.78 Å². The van der Waals surface area contributed by atoms with Crippen LogP contribution < -0.4 is 9.47 Å². The Kier molecular flexibility index (Phi) is 6.82. The third-order valence-electron chi connectivity index (χ3n) is 4.33. The first-order valence-corrected chi connectivity index (χ1v) is 8.62. The normalized spacial score (nSPS) is 10.9. The van der Waals surface area contributed by atoms with Crippen molar-refractivity contribution in [3.8, 4) is 11.5 Å². The van der Waals surface area contributed by atoms with Gasteiger partial charge in [0.15, 0.2) is 24.7 Å². The summed E-state index contributed by atoms with van der Waals surface area (Å²) in [4.78, 5) is 24.2. The molecule has 0 aliphatic rings. The molecule has 0 saturated carbocycles. The molecule has 6 nitrogen and oxygen atoms in total. The molecule has 0 bridgehead atoms. The van der Waals surface area contributed by atoms with Crippen molar-refractivity contribution in [1.82, 2.24) is 4.57 Å². The van der Waals surface area contributed by atoms with Gasteiger partial charge in [-0.1, -0.05) is 18.2 Å². The van der Waals surface area contributed by atoms with Crippen LogP contribution in [0.5, 0.6) is 11.5 Å². The summed E-state index contributed by atoms with van der Waals surface area (Å²) in [6.45, 7) is 5.07. The van der Waals surface area contributed by atoms with Crippen LogP contribution >= 0.6 is 0 Å². The number of hydrogen-bond donors (Lipinski definition) is 0. The highest BCUT2D eigenvalue weighted by Crippen LogP contribution is 2.28. The number of carbonyl (C=O) groups is 2. The van der Waals surface area contributed by atoms with Crippen LogP contribution in [0, 0.1) is 13.8 Å². The van der Waals surface area contributed by atoms with Gasteiger partial charge in [-0.2, -0.15) is 0 Å². The maximum absolute atomic E-state index is 12.3. The van der Waals surface area contributed by atoms with Gasteiger partial charge in [-0.3, -0.25) is 4.79 Å². The number of benzene rings is 1. The van der Waals surface area contributed by atoms with Crippen molar-refractivity contribution in [1.29, 1.82) is 0 Å². The molecular formula is C21H25NO5. The summed E-state index contributed by atoms with van der Waals surface area (Å²) in [6, 6.07) is 7.18. The van der Waals surface area contributed by atoms with Crippen molar-refractivity contribution >= 4 is 17.8 Å². The second-order valence-electron chi connectivity index (χ2n) is 6.13. The summed E-state index contributed by atoms with van der Waals surface area (Å²) in [5.74, 6) is 0.0968. The number of Topliss-reactive ketones (excluding diaryl/α,β-unsaturated/α-hetero) is 1. The van der Waals surface area contributed by atoms with E-state index < -0.39 is 5.97 Å². The lowest BCUT2D eigenvalue weighted by Gasteiger charge is -2.11. The third kappa shape index (κ3) is 5.00. The minimum atomic E-state index is -0.617. The first-order valence-electron chi connectivity index (χ1n) is 8.62. The number of rotatable bonds is 8. The van der Waals surface area contributed by atoms with Crippen molar-refractivity contribution in [3.63, 3.8) is 0 Å². The highest BCUT2D eigenvalue weighted by atomic mass is 16.6. The number of esters is 1. The molecule has 144 valence electrons. The van der Waals surface area contributed by atoms with Crippen molar-refractivity contribution in [2.24, 2.45) is 7.05 Å². The molecule has 0 fully saturated rings. The molecule has 27 heavy (non-hydrogen) atoms. The summed E-state index contributed by atoms with van der Waals surface area (Å²) in [5.41, 5.74) is 3.34. The number of hydrogen-bond acceptors (Lipinski definition) is 5. The van der Waals surface area contributed by atoms with E-state index in [2.05, 4.69) is 0 Å². The quantitative estimate of drug-likeness (QED) is 0.525. The molecule has 0 unspecified atom stereocenters. The molecule has 6 heteroatoms. The Morgan fingerprint density at radius 2 is 1.85 bits per heavy atom. The number of methoxy groups -OCH3 is 1. The van der Waals surface area contributed by atoms with Crippen molar-refractivity contribution in [3.05, 3.63) is 52.9 Å². The number of allylic oxidation sites excluding steroid dienone is 1. The number of nitrogens with zero attached hydrogens (tertiary/aromatic N) is 1. The molecule has 1 aromatic heterocycles. The Hall–Kier alpha value is -3.02. The van der Waals surface area contributed by atoms with Gasteiger partial charge < -0.3 is 18.8 Å². The SMILES string of the molecule is C/C=C/c1ccc(OCC(=O)OCC(=O)c2cc(C)n(C)c2C)c(OC)c1. The van der Waals surface area contributed by atoms with Gasteiger partial charge in [0.05, 0.1) is 7.11 Å². The number of aryl methyl sites for hydroxylation is 1. The molecule has 0 N–H and O–H groups in total. The highest BCUT2D eigenvalue weighted by Gasteiger charge is 2.16. The monoisotopic (exact) mass is 371 g/mol. The average molecular weight is 371 g/mol. The Bertz CT molecular complexity index is 864. The van der Waals surface area contributed by atoms with Gasteiger partial charge >= 0.3 is 5.97 Å². The number of ether oxygens (including phenoxy) is 3. The molecule has 0 atom stereocenters. The minimum Gasteiger partial charge on any atom is -0.493 e. The summed E-state index contributed by atoms with van der Waals surface area (Å²) in [6.07, 6.45) is 3.85. The second-order valence-corrected chi connectivity index (χ2v) is 6.13. The fraction of sp³-hybridized carbons (Fsp3) is 0.333. The summed E-state index contributed by atoms with van der Waals surface area (Å²) in [7, 11) is 3.42. The van der Waals surface area contributed by atoms with E-state index >= 15 is 0 Å². The first-order chi connectivity index (χ1) is 12.9. The van der Waals surface area contributed by atoms with E-state index in [1.165, 1.54) is 7.11 Å². The van der Waals surface area contributed by atoms with Gasteiger partial charge in [-0.25, -0.2) is 4.79 Å². The number of carbonyl (C=O) groups excluding carboxylic acids is 2. The van der Waals surface area contributed by atoms with Crippen LogP contribution in [0.3, 0.4) is 0 Å². The van der Waals surface area contributed by atoms with E-state index in [9.17, 15) is 9.59 Å². The predicted molar refractivity (Wildman–Crippen MR) is 103 cm³/mol. The lowest BCUT2D eigenvalue weighted by atomic mass is 10.1. The molecule has 0 aliphatic carbocycles. The Morgan fingerprint density at radius 3 is 2.44 bits per heavy atom. The summed E-state index contributed by atoms with van der Waals surface area (Å²) < 4.78 is 17.7. The molecule has 0 saturated heterocycles. The standard InChI is InChI=1S/C21H25NO5/c1-6-7-16-8-9-19(20(11-16)25-5)26-13-21(24)27-12-18(23)17-10-14(2)22(4)15(17)3/h6-11H,12-13H2,1-5H3/b7-6+. The van der Waals surface area contributed by atoms with Gasteiger partial charge in [0, 0.05) is 24.0 Å². The number of aromatic nitrogens is 1. The topological polar surface area (TPSA) is 66.8 Å². The van der Waals surface area contributed by atoms with Crippen molar-refractivity contribution < 1.29 is 23.8 Å². The highest BCUT2D eigenvalue weighted by molar-refractivity contribution is 5.99. The fourth-order valence-electron chi connectivity index (χ4n) is 2.64. The van der Waals surface area contributed by atoms with E-state index in [1.807, 2.05) is 56.7 Å². The zero-order chi connectivity index (χ0) is 20.0. The zero-order valence-corrected chi connectivity index (χ0v) is 16.4. The van der Waals surface area contributed by atoms with Crippen LogP contribution in [0.15, 0.2) is 30.3 Å². The van der Waals surface area contributed by atoms with E-state index in [0.717, 1.165) is 17.0 Å². The van der Waals surface area contributed by atoms with Crippen LogP contribution in [0.2, 0.25) is 0 Å². The van der Waals surface area contributed by atoms with Gasteiger partial charge in [-0.05, 0) is 44.5 Å². The largest absolute Gasteiger partial charge is 0.493 e. The lowest BCUT2D eigenvalue weighted by molar-refractivity contribution is -0.144. The maximum atomic E-state index is 12.3. The zero-order valence-electron chi connectivity index (χ0n) is 16.4. The van der Waals surface area contributed by atoms with Crippen molar-refractivity contribution in [2.75, 3.05) is 20.3 Å². The third-order valence-corrected chi connectivity index (χ3v) is 4.33. The Morgan fingerprint density at radius 1 is 1.11 bits per heavy atom. The second kappa shape index (κ2) is 9.07. The molecule has 0 aliphatic heterocycles. The van der Waals surface area contributed by atoms with Gasteiger partial charge in [0.1, 0.15) is 0 Å². The molecule has 1 aromatic carbocycles. The fourth-order valence-corrected chi connectivity index (χ4v) is 2.64. The van der Waals surface area contributed by atoms with Gasteiger partial charge in [-0.15, -0.1) is 0 Å². The smallest absolute Gasteiger partial charge is 0.344 e. The van der Waals surface area contributed by atoms with E-state index in [0.29, 0.717) is 17.1 Å². The predicted octanol–water partition coefficient (Wildman–Crippen LogP) is 3.49. The molecule has 0 radical (unpaired) electrons. The molecule has 1 heterocycles. The van der Waals surface area contributed by atoms with E-state index in [4.69, 9.17) is 14.2 Å². The molecule has 0 amide bonds. The van der Waals surface area contributed by atoms with Crippen LogP contribution in [0.4, 0.5) is 0 Å². The van der Waals surface area contributed by atoms with E-state index in [1.54, 1.807) is 12.1 Å². The summed E-state index contributed by atoms with van der Waals surface area (Å²) >= 11 is 0. The molecular weight excluding hydrogens is 346 g/mol. The minimum absolute atomic E-state index is 0.238. The van der Waals surface area contributed by atoms with Crippen molar-refractivity contribution in [2.45, 2.75) is 20.8 Å². The Balaban J connectivity index is 1.91. The van der Waals surface area contributed by atoms with E-state index in [-0.39, 0.29) is 19.0 Å². The maximum Gasteiger partial charge on any atom is 0.344 e. The molecule has 0 spiro atoms. The molecule has 2 aromatic rings.